The number of hydrogen-bond acceptors (Lipinski definition) is 7. The van der Waals surface area contributed by atoms with Crippen molar-refractivity contribution in [3.63, 3.8) is 0 Å². The summed E-state index contributed by atoms with van der Waals surface area (Å²) in [5, 5.41) is 18.3. The van der Waals surface area contributed by atoms with Crippen LogP contribution in [-0.4, -0.2) is 34.0 Å². The summed E-state index contributed by atoms with van der Waals surface area (Å²) in [4.78, 5) is 40.7. The first-order valence-corrected chi connectivity index (χ1v) is 10.5. The zero-order valence-electron chi connectivity index (χ0n) is 19.1. The van der Waals surface area contributed by atoms with E-state index in [0.29, 0.717) is 17.0 Å². The number of carbonyl (C=O) groups excluding carboxylic acids is 1. The molecule has 0 aliphatic heterocycles. The highest BCUT2D eigenvalue weighted by Gasteiger charge is 2.20. The largest absolute Gasteiger partial charge is 0.497 e. The quantitative estimate of drug-likeness (QED) is 0.340. The van der Waals surface area contributed by atoms with Gasteiger partial charge in [-0.3, -0.25) is 14.4 Å². The lowest BCUT2D eigenvalue weighted by Crippen LogP contribution is -2.31. The van der Waals surface area contributed by atoms with Gasteiger partial charge >= 0.3 is 0 Å². The molecule has 2 aromatic carbocycles. The van der Waals surface area contributed by atoms with Crippen LogP contribution in [0.3, 0.4) is 0 Å². The molecule has 2 aromatic heterocycles. The van der Waals surface area contributed by atoms with E-state index in [4.69, 9.17) is 4.74 Å². The Bertz CT molecular complexity index is 1660. The first kappa shape index (κ1) is 23.1. The van der Waals surface area contributed by atoms with Gasteiger partial charge in [0.2, 0.25) is 0 Å². The standard InChI is InChI=1S/C25H20N6O4/c1-14-5-4-6-18(9-14)31-25(34)20(12-26)15(2)22(30-31)24(33)29-27-13-17-10-16-11-19(35-3)7-8-21(16)28-23(17)32/h4-11,13H,1-3H3,(H,28,32)(H,29,33)/b27-13+. The van der Waals surface area contributed by atoms with Crippen LogP contribution in [0, 0.1) is 25.2 Å². The van der Waals surface area contributed by atoms with Gasteiger partial charge in [-0.05, 0) is 55.8 Å². The number of amides is 1. The van der Waals surface area contributed by atoms with Gasteiger partial charge in [-0.2, -0.15) is 20.1 Å². The molecule has 35 heavy (non-hydrogen) atoms. The van der Waals surface area contributed by atoms with E-state index in [1.165, 1.54) is 13.1 Å². The molecule has 2 N–H and O–H groups in total. The van der Waals surface area contributed by atoms with E-state index < -0.39 is 17.0 Å². The Morgan fingerprint density at radius 3 is 2.71 bits per heavy atom. The van der Waals surface area contributed by atoms with Crippen LogP contribution >= 0.6 is 0 Å². The van der Waals surface area contributed by atoms with Crippen molar-refractivity contribution in [1.29, 1.82) is 5.26 Å². The number of rotatable bonds is 5. The maximum Gasteiger partial charge on any atom is 0.292 e. The fourth-order valence-electron chi connectivity index (χ4n) is 3.53. The Labute approximate surface area is 199 Å². The lowest BCUT2D eigenvalue weighted by Gasteiger charge is -2.11. The van der Waals surface area contributed by atoms with Crippen LogP contribution < -0.4 is 21.3 Å². The predicted molar refractivity (Wildman–Crippen MR) is 130 cm³/mol. The highest BCUT2D eigenvalue weighted by atomic mass is 16.5. The van der Waals surface area contributed by atoms with E-state index in [-0.39, 0.29) is 22.4 Å². The van der Waals surface area contributed by atoms with Crippen molar-refractivity contribution in [1.82, 2.24) is 20.2 Å². The number of hydrazone groups is 1. The normalized spacial score (nSPS) is 10.9. The summed E-state index contributed by atoms with van der Waals surface area (Å²) >= 11 is 0. The van der Waals surface area contributed by atoms with Crippen molar-refractivity contribution in [2.75, 3.05) is 7.11 Å². The number of ether oxygens (including phenoxy) is 1. The van der Waals surface area contributed by atoms with Gasteiger partial charge in [0, 0.05) is 16.5 Å². The maximum absolute atomic E-state index is 12.9. The molecule has 0 aliphatic rings. The van der Waals surface area contributed by atoms with Gasteiger partial charge in [0.05, 0.1) is 24.6 Å². The number of nitrogens with zero attached hydrogens (tertiary/aromatic N) is 4. The molecule has 1 amide bonds. The number of aryl methyl sites for hydroxylation is 1. The van der Waals surface area contributed by atoms with Crippen LogP contribution in [0.2, 0.25) is 0 Å². The fraction of sp³-hybridized carbons (Fsp3) is 0.120. The van der Waals surface area contributed by atoms with Crippen LogP contribution in [0.5, 0.6) is 5.75 Å². The van der Waals surface area contributed by atoms with Crippen molar-refractivity contribution >= 4 is 23.0 Å². The second-order valence-electron chi connectivity index (χ2n) is 7.72. The lowest BCUT2D eigenvalue weighted by molar-refractivity contribution is 0.0947. The number of aromatic nitrogens is 3. The number of nitrogens with one attached hydrogen (secondary N) is 2. The molecular formula is C25H20N6O4. The SMILES string of the molecule is COc1ccc2[nH]c(=O)c(/C=N/NC(=O)c3nn(-c4cccc(C)c4)c(=O)c(C#N)c3C)cc2c1. The van der Waals surface area contributed by atoms with Gasteiger partial charge in [-0.25, -0.2) is 5.43 Å². The summed E-state index contributed by atoms with van der Waals surface area (Å²) < 4.78 is 6.22. The van der Waals surface area contributed by atoms with Crippen LogP contribution in [0.15, 0.2) is 63.2 Å². The molecule has 174 valence electrons. The topological polar surface area (TPSA) is 142 Å². The highest BCUT2D eigenvalue weighted by molar-refractivity contribution is 5.95. The third-order valence-corrected chi connectivity index (χ3v) is 5.36. The van der Waals surface area contributed by atoms with Crippen LogP contribution in [0.4, 0.5) is 0 Å². The van der Waals surface area contributed by atoms with E-state index >= 15 is 0 Å². The summed E-state index contributed by atoms with van der Waals surface area (Å²) in [5.41, 5.74) is 3.21. The number of benzene rings is 2. The monoisotopic (exact) mass is 468 g/mol. The zero-order valence-corrected chi connectivity index (χ0v) is 19.1. The maximum atomic E-state index is 12.9. The molecule has 4 rings (SSSR count). The number of hydrogen-bond donors (Lipinski definition) is 2. The Hall–Kier alpha value is -5.04. The molecule has 0 saturated carbocycles. The number of fused-ring (bicyclic) bond motifs is 1. The molecule has 0 atom stereocenters. The number of carbonyl (C=O) groups is 1. The number of methoxy groups -OCH3 is 1. The molecule has 0 saturated heterocycles. The smallest absolute Gasteiger partial charge is 0.292 e. The summed E-state index contributed by atoms with van der Waals surface area (Å²) in [7, 11) is 1.54. The van der Waals surface area contributed by atoms with Gasteiger partial charge in [0.25, 0.3) is 17.0 Å². The number of nitriles is 1. The molecule has 4 aromatic rings. The molecule has 0 fully saturated rings. The van der Waals surface area contributed by atoms with Gasteiger partial charge in [0.1, 0.15) is 17.4 Å². The highest BCUT2D eigenvalue weighted by Crippen LogP contribution is 2.18. The molecule has 2 heterocycles. The predicted octanol–water partition coefficient (Wildman–Crippen LogP) is 2.34. The van der Waals surface area contributed by atoms with E-state index in [1.807, 2.05) is 19.1 Å². The molecule has 0 unspecified atom stereocenters. The third-order valence-electron chi connectivity index (χ3n) is 5.36. The van der Waals surface area contributed by atoms with Crippen molar-refractivity contribution in [2.45, 2.75) is 13.8 Å². The Kier molecular flexibility index (Phi) is 6.24. The minimum Gasteiger partial charge on any atom is -0.497 e. The first-order chi connectivity index (χ1) is 16.8. The average Bonchev–Trinajstić information content (AvgIpc) is 2.84. The van der Waals surface area contributed by atoms with E-state index in [9.17, 15) is 19.6 Å². The molecule has 10 nitrogen and oxygen atoms in total. The summed E-state index contributed by atoms with van der Waals surface area (Å²) in [5.74, 6) is -0.116. The van der Waals surface area contributed by atoms with Crippen molar-refractivity contribution in [3.8, 4) is 17.5 Å². The molecule has 0 spiro atoms. The molecule has 10 heteroatoms. The number of aromatic amines is 1. The van der Waals surface area contributed by atoms with Crippen molar-refractivity contribution < 1.29 is 9.53 Å². The third kappa shape index (κ3) is 4.56. The Morgan fingerprint density at radius 2 is 2.00 bits per heavy atom. The van der Waals surface area contributed by atoms with Crippen LogP contribution in [0.1, 0.15) is 32.7 Å². The minimum absolute atomic E-state index is 0.129. The fourth-order valence-corrected chi connectivity index (χ4v) is 3.53. The van der Waals surface area contributed by atoms with Gasteiger partial charge in [-0.15, -0.1) is 0 Å². The Morgan fingerprint density at radius 1 is 1.20 bits per heavy atom. The van der Waals surface area contributed by atoms with Gasteiger partial charge in [0.15, 0.2) is 5.69 Å². The number of H-pyrrole nitrogens is 1. The minimum atomic E-state index is -0.740. The second-order valence-corrected chi connectivity index (χ2v) is 7.72. The molecule has 0 bridgehead atoms. The van der Waals surface area contributed by atoms with Crippen LogP contribution in [0.25, 0.3) is 16.6 Å². The second kappa shape index (κ2) is 9.44. The molecule has 0 radical (unpaired) electrons. The van der Waals surface area contributed by atoms with E-state index in [2.05, 4.69) is 20.6 Å². The summed E-state index contributed by atoms with van der Waals surface area (Å²) in [6, 6.07) is 15.6. The average molecular weight is 468 g/mol. The van der Waals surface area contributed by atoms with Crippen molar-refractivity contribution in [3.05, 3.63) is 97.2 Å². The summed E-state index contributed by atoms with van der Waals surface area (Å²) in [6.45, 7) is 3.31. The van der Waals surface area contributed by atoms with E-state index in [0.717, 1.165) is 15.6 Å². The number of pyridine rings is 1. The molecular weight excluding hydrogens is 448 g/mol. The van der Waals surface area contributed by atoms with E-state index in [1.54, 1.807) is 49.6 Å². The molecule has 0 aliphatic carbocycles. The summed E-state index contributed by atoms with van der Waals surface area (Å²) in [6.07, 6.45) is 1.20. The zero-order chi connectivity index (χ0) is 25.1. The van der Waals surface area contributed by atoms with Gasteiger partial charge in [-0.1, -0.05) is 12.1 Å². The Balaban J connectivity index is 1.67. The lowest BCUT2D eigenvalue weighted by atomic mass is 10.1. The van der Waals surface area contributed by atoms with Gasteiger partial charge < -0.3 is 9.72 Å². The van der Waals surface area contributed by atoms with Crippen molar-refractivity contribution in [2.24, 2.45) is 5.10 Å². The van der Waals surface area contributed by atoms with Crippen LogP contribution in [-0.2, 0) is 0 Å². The first-order valence-electron chi connectivity index (χ1n) is 10.5.